The van der Waals surface area contributed by atoms with Crippen LogP contribution in [0, 0.1) is 23.8 Å². The van der Waals surface area contributed by atoms with E-state index in [0.29, 0.717) is 34.0 Å². The van der Waals surface area contributed by atoms with Crippen molar-refractivity contribution in [2.75, 3.05) is 19.3 Å². The number of hydrogen-bond donors (Lipinski definition) is 1. The molecule has 0 spiro atoms. The van der Waals surface area contributed by atoms with E-state index in [4.69, 9.17) is 0 Å². The summed E-state index contributed by atoms with van der Waals surface area (Å²) in [7, 11) is -1.64. The van der Waals surface area contributed by atoms with Crippen LogP contribution in [-0.4, -0.2) is 44.5 Å². The zero-order valence-corrected chi connectivity index (χ0v) is 20.4. The van der Waals surface area contributed by atoms with Crippen LogP contribution in [-0.2, 0) is 17.2 Å². The van der Waals surface area contributed by atoms with E-state index in [0.717, 1.165) is 24.1 Å². The molecule has 4 rings (SSSR count). The van der Waals surface area contributed by atoms with Crippen molar-refractivity contribution in [1.29, 1.82) is 0 Å². The number of fused-ring (bicyclic) bond motifs is 1. The molecule has 184 valence electrons. The first-order valence-electron chi connectivity index (χ1n) is 11.2. The van der Waals surface area contributed by atoms with Crippen LogP contribution in [0.4, 0.5) is 8.78 Å². The minimum Gasteiger partial charge on any atom is -0.784 e. The van der Waals surface area contributed by atoms with Gasteiger partial charge >= 0.3 is 0 Å². The first kappa shape index (κ1) is 25.0. The average Bonchev–Trinajstić information content (AvgIpc) is 2.83. The van der Waals surface area contributed by atoms with Gasteiger partial charge in [0.05, 0.1) is 28.2 Å². The van der Waals surface area contributed by atoms with Gasteiger partial charge in [-0.3, -0.25) is 9.00 Å². The smallest absolute Gasteiger partial charge is 0.251 e. The van der Waals surface area contributed by atoms with E-state index < -0.39 is 34.0 Å². The van der Waals surface area contributed by atoms with Crippen LogP contribution >= 0.6 is 0 Å². The molecule has 35 heavy (non-hydrogen) atoms. The summed E-state index contributed by atoms with van der Waals surface area (Å²) in [5.41, 5.74) is 2.46. The summed E-state index contributed by atoms with van der Waals surface area (Å²) in [5.74, 6) is -1.98. The number of nitrogens with one attached hydrogen (secondary N) is 1. The molecule has 0 fully saturated rings. The summed E-state index contributed by atoms with van der Waals surface area (Å²) >= 11 is 0. The average molecular weight is 500 g/mol. The second kappa shape index (κ2) is 10.3. The van der Waals surface area contributed by atoms with Crippen LogP contribution in [0.5, 0.6) is 0 Å². The fraction of sp³-hybridized carbons (Fsp3) is 0.320. The summed E-state index contributed by atoms with van der Waals surface area (Å²) in [6.07, 6.45) is 2.40. The third-order valence-corrected chi connectivity index (χ3v) is 6.67. The van der Waals surface area contributed by atoms with Gasteiger partial charge < -0.3 is 15.6 Å². The van der Waals surface area contributed by atoms with Gasteiger partial charge in [0.15, 0.2) is 0 Å². The number of hydrogen-bond acceptors (Lipinski definition) is 6. The van der Waals surface area contributed by atoms with Crippen LogP contribution in [0.2, 0.25) is 0 Å². The van der Waals surface area contributed by atoms with Crippen molar-refractivity contribution < 1.29 is 17.8 Å². The van der Waals surface area contributed by atoms with Crippen LogP contribution in [0.25, 0.3) is 11.3 Å². The Hall–Kier alpha value is -3.08. The molecule has 2 unspecified atom stereocenters. The number of halogens is 2. The van der Waals surface area contributed by atoms with E-state index in [2.05, 4.69) is 15.3 Å². The van der Waals surface area contributed by atoms with Gasteiger partial charge in [-0.15, -0.1) is 0 Å². The quantitative estimate of drug-likeness (QED) is 0.514. The molecule has 1 amide bonds. The SMILES string of the molecule is CCCNC(=O)c1ccc(C)c(-c2nc(S(C)=O)nc3c2CCN([O-])C3c2c(F)cccc2F)c1. The molecule has 1 N–H and O–H groups in total. The van der Waals surface area contributed by atoms with Gasteiger partial charge in [0.2, 0.25) is 5.16 Å². The van der Waals surface area contributed by atoms with Gasteiger partial charge in [0, 0.05) is 35.1 Å². The highest BCUT2D eigenvalue weighted by molar-refractivity contribution is 7.84. The number of aryl methyl sites for hydroxylation is 1. The molecule has 0 saturated carbocycles. The predicted octanol–water partition coefficient (Wildman–Crippen LogP) is 4.05. The largest absolute Gasteiger partial charge is 0.784 e. The lowest BCUT2D eigenvalue weighted by Gasteiger charge is -2.42. The standard InChI is InChI=1S/C25H25F2N4O3S/c1-4-11-28-24(32)15-9-8-14(2)17(13-15)21-16-10-12-31(33)23(20-18(26)6-5-7-19(20)27)22(16)30-25(29-21)35(3)34/h5-9,13,23H,4,10-12H2,1-3H3,(H,28,32)/q-1. The maximum Gasteiger partial charge on any atom is 0.251 e. The Labute approximate surface area is 204 Å². The third-order valence-electron chi connectivity index (χ3n) is 5.97. The van der Waals surface area contributed by atoms with Crippen molar-refractivity contribution in [3.05, 3.63) is 81.2 Å². The minimum atomic E-state index is -1.64. The van der Waals surface area contributed by atoms with Gasteiger partial charge in [-0.05, 0) is 56.1 Å². The summed E-state index contributed by atoms with van der Waals surface area (Å²) in [6, 6.07) is 7.21. The molecule has 0 saturated heterocycles. The molecule has 2 heterocycles. The van der Waals surface area contributed by atoms with Gasteiger partial charge in [-0.2, -0.15) is 0 Å². The molecular formula is C25H25F2N4O3S-. The van der Waals surface area contributed by atoms with E-state index in [1.165, 1.54) is 12.3 Å². The second-order valence-electron chi connectivity index (χ2n) is 8.39. The molecular weight excluding hydrogens is 474 g/mol. The topological polar surface area (TPSA) is 98.2 Å². The molecule has 0 radical (unpaired) electrons. The number of rotatable bonds is 6. The fourth-order valence-corrected chi connectivity index (χ4v) is 4.65. The highest BCUT2D eigenvalue weighted by atomic mass is 32.2. The lowest BCUT2D eigenvalue weighted by Crippen LogP contribution is -2.34. The third kappa shape index (κ3) is 4.86. The van der Waals surface area contributed by atoms with Gasteiger partial charge in [0.1, 0.15) is 11.6 Å². The lowest BCUT2D eigenvalue weighted by atomic mass is 9.89. The lowest BCUT2D eigenvalue weighted by molar-refractivity contribution is 0.0953. The summed E-state index contributed by atoms with van der Waals surface area (Å²) in [5, 5.41) is 16.3. The molecule has 2 aromatic carbocycles. The number of benzene rings is 2. The maximum atomic E-state index is 14.7. The highest BCUT2D eigenvalue weighted by Crippen LogP contribution is 2.40. The first-order chi connectivity index (χ1) is 16.7. The predicted molar refractivity (Wildman–Crippen MR) is 129 cm³/mol. The molecule has 7 nitrogen and oxygen atoms in total. The van der Waals surface area contributed by atoms with E-state index in [-0.39, 0.29) is 29.7 Å². The van der Waals surface area contributed by atoms with Crippen molar-refractivity contribution in [1.82, 2.24) is 20.3 Å². The number of amides is 1. The Kier molecular flexibility index (Phi) is 7.34. The van der Waals surface area contributed by atoms with Crippen LogP contribution in [0.1, 0.15) is 52.1 Å². The maximum absolute atomic E-state index is 14.7. The Morgan fingerprint density at radius 2 is 1.94 bits per heavy atom. The van der Waals surface area contributed by atoms with E-state index in [1.807, 2.05) is 13.8 Å². The van der Waals surface area contributed by atoms with Crippen LogP contribution < -0.4 is 5.32 Å². The Morgan fingerprint density at radius 3 is 2.60 bits per heavy atom. The molecule has 1 aromatic heterocycles. The molecule has 0 bridgehead atoms. The molecule has 1 aliphatic heterocycles. The van der Waals surface area contributed by atoms with Crippen LogP contribution in [0.3, 0.4) is 0 Å². The van der Waals surface area contributed by atoms with E-state index in [1.54, 1.807) is 18.2 Å². The zero-order valence-electron chi connectivity index (χ0n) is 19.6. The summed E-state index contributed by atoms with van der Waals surface area (Å²) in [6.45, 7) is 4.29. The van der Waals surface area contributed by atoms with Crippen molar-refractivity contribution in [2.24, 2.45) is 0 Å². The van der Waals surface area contributed by atoms with Crippen molar-refractivity contribution >= 4 is 16.7 Å². The van der Waals surface area contributed by atoms with Crippen molar-refractivity contribution in [2.45, 2.75) is 37.9 Å². The monoisotopic (exact) mass is 499 g/mol. The second-order valence-corrected chi connectivity index (χ2v) is 9.66. The van der Waals surface area contributed by atoms with E-state index in [9.17, 15) is 23.0 Å². The summed E-state index contributed by atoms with van der Waals surface area (Å²) in [4.78, 5) is 21.5. The zero-order chi connectivity index (χ0) is 25.3. The fourth-order valence-electron chi connectivity index (χ4n) is 4.20. The van der Waals surface area contributed by atoms with E-state index >= 15 is 0 Å². The molecule has 0 aliphatic carbocycles. The van der Waals surface area contributed by atoms with Crippen molar-refractivity contribution in [3.8, 4) is 11.3 Å². The van der Waals surface area contributed by atoms with Gasteiger partial charge in [0.25, 0.3) is 5.91 Å². The highest BCUT2D eigenvalue weighted by Gasteiger charge is 2.33. The minimum absolute atomic E-state index is 0.0356. The molecule has 10 heteroatoms. The summed E-state index contributed by atoms with van der Waals surface area (Å²) < 4.78 is 41.9. The van der Waals surface area contributed by atoms with Gasteiger partial charge in [-0.25, -0.2) is 18.7 Å². The Morgan fingerprint density at radius 1 is 1.23 bits per heavy atom. The number of hydroxylamine groups is 2. The number of carbonyl (C=O) groups is 1. The van der Waals surface area contributed by atoms with Crippen LogP contribution in [0.15, 0.2) is 41.6 Å². The molecule has 1 aliphatic rings. The Balaban J connectivity index is 1.95. The molecule has 3 aromatic rings. The van der Waals surface area contributed by atoms with Gasteiger partial charge in [-0.1, -0.05) is 19.1 Å². The normalized spacial score (nSPS) is 16.6. The number of carbonyl (C=O) groups excluding carboxylic acids is 1. The van der Waals surface area contributed by atoms with Crippen molar-refractivity contribution in [3.63, 3.8) is 0 Å². The first-order valence-corrected chi connectivity index (χ1v) is 12.8. The number of aromatic nitrogens is 2. The Bertz CT molecular complexity index is 1300. The number of nitrogens with zero attached hydrogens (tertiary/aromatic N) is 3. The molecule has 2 atom stereocenters.